The van der Waals surface area contributed by atoms with Gasteiger partial charge in [-0.2, -0.15) is 0 Å². The van der Waals surface area contributed by atoms with Crippen LogP contribution in [0, 0.1) is 0 Å². The maximum absolute atomic E-state index is 11.9. The van der Waals surface area contributed by atoms with Crippen LogP contribution in [0.15, 0.2) is 0 Å². The van der Waals surface area contributed by atoms with Crippen LogP contribution in [0.2, 0.25) is 0 Å². The molecule has 1 amide bonds. The number of carboxylic acid groups (broad SMARTS) is 1. The van der Waals surface area contributed by atoms with Crippen molar-refractivity contribution in [1.82, 2.24) is 4.90 Å². The van der Waals surface area contributed by atoms with Crippen molar-refractivity contribution < 1.29 is 14.7 Å². The molecule has 100 valence electrons. The lowest BCUT2D eigenvalue weighted by molar-refractivity contribution is -0.146. The van der Waals surface area contributed by atoms with Gasteiger partial charge < -0.3 is 15.7 Å². The van der Waals surface area contributed by atoms with Crippen molar-refractivity contribution in [2.24, 2.45) is 5.73 Å². The molecule has 0 aliphatic rings. The average Bonchev–Trinajstić information content (AvgIpc) is 2.24. The van der Waals surface area contributed by atoms with Crippen LogP contribution < -0.4 is 5.73 Å². The number of carbonyl (C=O) groups excluding carboxylic acids is 1. The predicted octanol–water partition coefficient (Wildman–Crippen LogP) is 1.22. The molecule has 0 radical (unpaired) electrons. The largest absolute Gasteiger partial charge is 0.480 e. The minimum Gasteiger partial charge on any atom is -0.480 e. The van der Waals surface area contributed by atoms with Crippen LogP contribution in [0.4, 0.5) is 0 Å². The Morgan fingerprint density at radius 1 is 1.35 bits per heavy atom. The number of carboxylic acids is 1. The number of hydrogen-bond donors (Lipinski definition) is 2. The van der Waals surface area contributed by atoms with Gasteiger partial charge in [0.2, 0.25) is 5.91 Å². The fourth-order valence-electron chi connectivity index (χ4n) is 1.67. The fourth-order valence-corrected chi connectivity index (χ4v) is 1.67. The third-order valence-corrected chi connectivity index (χ3v) is 2.85. The first-order valence-electron chi connectivity index (χ1n) is 6.19. The van der Waals surface area contributed by atoms with E-state index in [-0.39, 0.29) is 31.0 Å². The Morgan fingerprint density at radius 3 is 2.35 bits per heavy atom. The van der Waals surface area contributed by atoms with E-state index in [4.69, 9.17) is 10.8 Å². The minimum atomic E-state index is -0.984. The molecule has 0 saturated heterocycles. The molecule has 5 heteroatoms. The van der Waals surface area contributed by atoms with Crippen LogP contribution in [0.5, 0.6) is 0 Å². The second-order valence-electron chi connectivity index (χ2n) is 4.43. The molecule has 0 rings (SSSR count). The Labute approximate surface area is 103 Å². The molecule has 0 aromatic carbocycles. The molecule has 0 aromatic heterocycles. The van der Waals surface area contributed by atoms with Gasteiger partial charge >= 0.3 is 5.97 Å². The number of aliphatic carboxylic acids is 1. The fraction of sp³-hybridized carbons (Fsp3) is 0.833. The molecule has 2 unspecified atom stereocenters. The lowest BCUT2D eigenvalue weighted by Gasteiger charge is -2.28. The first kappa shape index (κ1) is 15.9. The topological polar surface area (TPSA) is 83.6 Å². The van der Waals surface area contributed by atoms with E-state index in [9.17, 15) is 9.59 Å². The summed E-state index contributed by atoms with van der Waals surface area (Å²) >= 11 is 0. The summed E-state index contributed by atoms with van der Waals surface area (Å²) < 4.78 is 0. The number of carbonyl (C=O) groups is 2. The molecule has 5 nitrogen and oxygen atoms in total. The van der Waals surface area contributed by atoms with Crippen LogP contribution >= 0.6 is 0 Å². The monoisotopic (exact) mass is 244 g/mol. The highest BCUT2D eigenvalue weighted by molar-refractivity contribution is 5.82. The molecule has 0 aromatic rings. The summed E-state index contributed by atoms with van der Waals surface area (Å²) in [6.45, 7) is 5.55. The van der Waals surface area contributed by atoms with Gasteiger partial charge in [-0.05, 0) is 19.8 Å². The van der Waals surface area contributed by atoms with Crippen LogP contribution in [-0.4, -0.2) is 40.5 Å². The summed E-state index contributed by atoms with van der Waals surface area (Å²) in [5, 5.41) is 8.79. The van der Waals surface area contributed by atoms with Crippen molar-refractivity contribution in [3.8, 4) is 0 Å². The Hall–Kier alpha value is -1.10. The molecule has 0 bridgehead atoms. The van der Waals surface area contributed by atoms with E-state index in [0.29, 0.717) is 0 Å². The Morgan fingerprint density at radius 2 is 1.94 bits per heavy atom. The molecule has 2 atom stereocenters. The van der Waals surface area contributed by atoms with Gasteiger partial charge in [-0.1, -0.05) is 20.3 Å². The molecule has 17 heavy (non-hydrogen) atoms. The van der Waals surface area contributed by atoms with Gasteiger partial charge in [-0.25, -0.2) is 0 Å². The third-order valence-electron chi connectivity index (χ3n) is 2.85. The smallest absolute Gasteiger partial charge is 0.323 e. The molecule has 0 aliphatic carbocycles. The molecule has 0 spiro atoms. The molecule has 0 heterocycles. The Bertz CT molecular complexity index is 256. The summed E-state index contributed by atoms with van der Waals surface area (Å²) in [4.78, 5) is 24.1. The average molecular weight is 244 g/mol. The van der Waals surface area contributed by atoms with Crippen LogP contribution in [0.25, 0.3) is 0 Å². The highest BCUT2D eigenvalue weighted by Crippen LogP contribution is 2.08. The van der Waals surface area contributed by atoms with Crippen LogP contribution in [0.1, 0.15) is 46.5 Å². The lowest BCUT2D eigenvalue weighted by Crippen LogP contribution is -2.44. The van der Waals surface area contributed by atoms with Crippen LogP contribution in [0.3, 0.4) is 0 Å². The molecule has 0 fully saturated rings. The number of hydrogen-bond acceptors (Lipinski definition) is 3. The zero-order chi connectivity index (χ0) is 13.4. The van der Waals surface area contributed by atoms with Gasteiger partial charge in [0.1, 0.15) is 6.54 Å². The van der Waals surface area contributed by atoms with Crippen LogP contribution in [-0.2, 0) is 9.59 Å². The van der Waals surface area contributed by atoms with Crippen molar-refractivity contribution in [1.29, 1.82) is 0 Å². The molecular weight excluding hydrogens is 220 g/mol. The number of nitrogens with two attached hydrogens (primary N) is 1. The highest BCUT2D eigenvalue weighted by atomic mass is 16.4. The number of nitrogens with zero attached hydrogens (tertiary/aromatic N) is 1. The van der Waals surface area contributed by atoms with E-state index < -0.39 is 5.97 Å². The molecule has 0 saturated carbocycles. The highest BCUT2D eigenvalue weighted by Gasteiger charge is 2.22. The summed E-state index contributed by atoms with van der Waals surface area (Å²) in [5.74, 6) is -1.15. The zero-order valence-electron chi connectivity index (χ0n) is 11.0. The van der Waals surface area contributed by atoms with E-state index in [1.165, 1.54) is 4.90 Å². The SMILES string of the molecule is CCCC(N)CC(=O)N(CC(=O)O)C(C)CC. The van der Waals surface area contributed by atoms with E-state index in [1.54, 1.807) is 0 Å². The van der Waals surface area contributed by atoms with Crippen molar-refractivity contribution >= 4 is 11.9 Å². The second kappa shape index (κ2) is 8.06. The van der Waals surface area contributed by atoms with Crippen molar-refractivity contribution in [2.45, 2.75) is 58.5 Å². The minimum absolute atomic E-state index is 0.0626. The summed E-state index contributed by atoms with van der Waals surface area (Å²) in [7, 11) is 0. The van der Waals surface area contributed by atoms with E-state index in [2.05, 4.69) is 0 Å². The van der Waals surface area contributed by atoms with E-state index in [0.717, 1.165) is 19.3 Å². The first-order valence-corrected chi connectivity index (χ1v) is 6.19. The number of amides is 1. The lowest BCUT2D eigenvalue weighted by atomic mass is 10.1. The Balaban J connectivity index is 4.46. The Kier molecular flexibility index (Phi) is 7.54. The third kappa shape index (κ3) is 6.26. The molecule has 0 aliphatic heterocycles. The zero-order valence-corrected chi connectivity index (χ0v) is 11.0. The quantitative estimate of drug-likeness (QED) is 0.672. The van der Waals surface area contributed by atoms with Gasteiger partial charge in [0, 0.05) is 18.5 Å². The summed E-state index contributed by atoms with van der Waals surface area (Å²) in [5.41, 5.74) is 5.80. The first-order chi connectivity index (χ1) is 7.92. The van der Waals surface area contributed by atoms with Crippen molar-refractivity contribution in [3.05, 3.63) is 0 Å². The van der Waals surface area contributed by atoms with Gasteiger partial charge in [0.25, 0.3) is 0 Å². The van der Waals surface area contributed by atoms with Gasteiger partial charge in [-0.3, -0.25) is 9.59 Å². The maximum atomic E-state index is 11.9. The predicted molar refractivity (Wildman–Crippen MR) is 66.6 cm³/mol. The molecular formula is C12H24N2O3. The summed E-state index contributed by atoms with van der Waals surface area (Å²) in [6.07, 6.45) is 2.68. The van der Waals surface area contributed by atoms with Gasteiger partial charge in [0.05, 0.1) is 0 Å². The van der Waals surface area contributed by atoms with E-state index >= 15 is 0 Å². The second-order valence-corrected chi connectivity index (χ2v) is 4.43. The maximum Gasteiger partial charge on any atom is 0.323 e. The van der Waals surface area contributed by atoms with Gasteiger partial charge in [-0.15, -0.1) is 0 Å². The van der Waals surface area contributed by atoms with E-state index in [1.807, 2.05) is 20.8 Å². The normalized spacial score (nSPS) is 14.1. The number of rotatable bonds is 8. The standard InChI is InChI=1S/C12H24N2O3/c1-4-6-10(13)7-11(15)14(8-12(16)17)9(3)5-2/h9-10H,4-8,13H2,1-3H3,(H,16,17). The van der Waals surface area contributed by atoms with Gasteiger partial charge in [0.15, 0.2) is 0 Å². The van der Waals surface area contributed by atoms with Crippen molar-refractivity contribution in [2.75, 3.05) is 6.54 Å². The van der Waals surface area contributed by atoms with Crippen molar-refractivity contribution in [3.63, 3.8) is 0 Å². The summed E-state index contributed by atoms with van der Waals surface area (Å²) in [6, 6.07) is -0.236. The molecule has 3 N–H and O–H groups in total.